The van der Waals surface area contributed by atoms with Crippen molar-refractivity contribution in [1.82, 2.24) is 10.2 Å². The smallest absolute Gasteiger partial charge is 0.271 e. The van der Waals surface area contributed by atoms with Crippen molar-refractivity contribution in [2.75, 3.05) is 17.1 Å². The van der Waals surface area contributed by atoms with Crippen molar-refractivity contribution in [3.63, 3.8) is 0 Å². The summed E-state index contributed by atoms with van der Waals surface area (Å²) in [6.45, 7) is 8.40. The SMILES string of the molecule is CCC(C(=O)NC(C)C)N(Cc1cccc(C)c1)C(=O)CN(c1cc([N+](=O)[O-])ccc1C)S(C)(=O)=O. The Bertz CT molecular complexity index is 1230. The average Bonchev–Trinajstić information content (AvgIpc) is 2.76. The van der Waals surface area contributed by atoms with Crippen molar-refractivity contribution in [2.45, 2.75) is 59.7 Å². The van der Waals surface area contributed by atoms with Gasteiger partial charge in [-0.1, -0.05) is 42.8 Å². The maximum Gasteiger partial charge on any atom is 0.271 e. The zero-order valence-electron chi connectivity index (χ0n) is 21.5. The molecule has 2 aromatic rings. The molecule has 2 rings (SSSR count). The van der Waals surface area contributed by atoms with E-state index in [4.69, 9.17) is 0 Å². The lowest BCUT2D eigenvalue weighted by Gasteiger charge is -2.33. The lowest BCUT2D eigenvalue weighted by molar-refractivity contribution is -0.384. The summed E-state index contributed by atoms with van der Waals surface area (Å²) in [5, 5.41) is 14.1. The summed E-state index contributed by atoms with van der Waals surface area (Å²) in [4.78, 5) is 38.7. The molecule has 0 bridgehead atoms. The first-order chi connectivity index (χ1) is 16.7. The predicted molar refractivity (Wildman–Crippen MR) is 139 cm³/mol. The highest BCUT2D eigenvalue weighted by Crippen LogP contribution is 2.28. The molecule has 36 heavy (non-hydrogen) atoms. The van der Waals surface area contributed by atoms with Crippen molar-refractivity contribution in [2.24, 2.45) is 0 Å². The van der Waals surface area contributed by atoms with Crippen LogP contribution in [0.15, 0.2) is 42.5 Å². The number of carbonyl (C=O) groups excluding carboxylic acids is 2. The lowest BCUT2D eigenvalue weighted by Crippen LogP contribution is -2.53. The van der Waals surface area contributed by atoms with Gasteiger partial charge in [-0.05, 0) is 45.2 Å². The minimum absolute atomic E-state index is 0.0373. The number of nitrogens with zero attached hydrogens (tertiary/aromatic N) is 3. The van der Waals surface area contributed by atoms with Crippen LogP contribution in [0.2, 0.25) is 0 Å². The molecule has 1 atom stereocenters. The van der Waals surface area contributed by atoms with Crippen LogP contribution >= 0.6 is 0 Å². The molecule has 1 unspecified atom stereocenters. The third-order valence-electron chi connectivity index (χ3n) is 5.60. The van der Waals surface area contributed by atoms with E-state index in [2.05, 4.69) is 5.32 Å². The largest absolute Gasteiger partial charge is 0.352 e. The molecule has 0 heterocycles. The van der Waals surface area contributed by atoms with Crippen LogP contribution in [0, 0.1) is 24.0 Å². The number of non-ortho nitro benzene ring substituents is 1. The van der Waals surface area contributed by atoms with Gasteiger partial charge in [0.1, 0.15) is 12.6 Å². The fourth-order valence-electron chi connectivity index (χ4n) is 3.88. The van der Waals surface area contributed by atoms with Crippen molar-refractivity contribution < 1.29 is 22.9 Å². The van der Waals surface area contributed by atoms with Crippen LogP contribution in [0.1, 0.15) is 43.9 Å². The molecular formula is C25H34N4O6S. The maximum atomic E-state index is 13.7. The molecule has 0 aliphatic carbocycles. The number of nitrogens with one attached hydrogen (secondary N) is 1. The monoisotopic (exact) mass is 518 g/mol. The zero-order chi connectivity index (χ0) is 27.2. The van der Waals surface area contributed by atoms with Crippen LogP contribution in [-0.2, 0) is 26.2 Å². The lowest BCUT2D eigenvalue weighted by atomic mass is 10.1. The number of carbonyl (C=O) groups is 2. The Balaban J connectivity index is 2.53. The Kier molecular flexibility index (Phi) is 9.57. The summed E-state index contributed by atoms with van der Waals surface area (Å²) < 4.78 is 26.4. The summed E-state index contributed by atoms with van der Waals surface area (Å²) in [5.74, 6) is -0.940. The second-order valence-electron chi connectivity index (χ2n) is 9.10. The number of amides is 2. The molecule has 0 radical (unpaired) electrons. The fraction of sp³-hybridized carbons (Fsp3) is 0.440. The molecule has 0 aromatic heterocycles. The van der Waals surface area contributed by atoms with Gasteiger partial charge in [-0.3, -0.25) is 24.0 Å². The van der Waals surface area contributed by atoms with Gasteiger partial charge in [0.15, 0.2) is 0 Å². The van der Waals surface area contributed by atoms with Gasteiger partial charge in [-0.15, -0.1) is 0 Å². The van der Waals surface area contributed by atoms with Gasteiger partial charge in [-0.25, -0.2) is 8.42 Å². The molecule has 0 fully saturated rings. The molecule has 0 spiro atoms. The Hall–Kier alpha value is -3.47. The number of nitro benzene ring substituents is 1. The fourth-order valence-corrected chi connectivity index (χ4v) is 4.78. The Morgan fingerprint density at radius 3 is 2.31 bits per heavy atom. The van der Waals surface area contributed by atoms with Gasteiger partial charge in [0, 0.05) is 24.7 Å². The number of hydrogen-bond donors (Lipinski definition) is 1. The van der Waals surface area contributed by atoms with Crippen LogP contribution in [0.25, 0.3) is 0 Å². The quantitative estimate of drug-likeness (QED) is 0.359. The number of hydrogen-bond acceptors (Lipinski definition) is 6. The highest BCUT2D eigenvalue weighted by Gasteiger charge is 2.32. The summed E-state index contributed by atoms with van der Waals surface area (Å²) in [5.41, 5.74) is 1.96. The molecule has 2 aromatic carbocycles. The average molecular weight is 519 g/mol. The second-order valence-corrected chi connectivity index (χ2v) is 11.0. The van der Waals surface area contributed by atoms with Crippen molar-refractivity contribution in [3.8, 4) is 0 Å². The number of aryl methyl sites for hydroxylation is 2. The van der Waals surface area contributed by atoms with Crippen molar-refractivity contribution >= 4 is 33.2 Å². The van der Waals surface area contributed by atoms with Gasteiger partial charge in [-0.2, -0.15) is 0 Å². The molecule has 1 N–H and O–H groups in total. The van der Waals surface area contributed by atoms with Crippen LogP contribution in [0.5, 0.6) is 0 Å². The van der Waals surface area contributed by atoms with Gasteiger partial charge in [0.25, 0.3) is 5.69 Å². The summed E-state index contributed by atoms with van der Waals surface area (Å²) in [7, 11) is -4.00. The Labute approximate surface area is 212 Å². The van der Waals surface area contributed by atoms with E-state index in [9.17, 15) is 28.1 Å². The van der Waals surface area contributed by atoms with Gasteiger partial charge in [0.05, 0.1) is 16.9 Å². The highest BCUT2D eigenvalue weighted by molar-refractivity contribution is 7.92. The molecule has 2 amide bonds. The van der Waals surface area contributed by atoms with Gasteiger partial charge < -0.3 is 10.2 Å². The minimum Gasteiger partial charge on any atom is -0.352 e. The van der Waals surface area contributed by atoms with Crippen molar-refractivity contribution in [1.29, 1.82) is 0 Å². The number of sulfonamides is 1. The zero-order valence-corrected chi connectivity index (χ0v) is 22.3. The van der Waals surface area contributed by atoms with Crippen LogP contribution in [0.3, 0.4) is 0 Å². The third kappa shape index (κ3) is 7.51. The molecule has 0 aliphatic rings. The molecule has 0 aliphatic heterocycles. The number of nitro groups is 1. The highest BCUT2D eigenvalue weighted by atomic mass is 32.2. The van der Waals surface area contributed by atoms with E-state index in [0.29, 0.717) is 12.0 Å². The van der Waals surface area contributed by atoms with E-state index in [-0.39, 0.29) is 29.9 Å². The van der Waals surface area contributed by atoms with E-state index in [1.807, 2.05) is 45.0 Å². The van der Waals surface area contributed by atoms with Crippen molar-refractivity contribution in [3.05, 3.63) is 69.3 Å². The van der Waals surface area contributed by atoms with E-state index in [1.54, 1.807) is 13.8 Å². The Morgan fingerprint density at radius 2 is 1.78 bits per heavy atom. The number of rotatable bonds is 11. The van der Waals surface area contributed by atoms with E-state index >= 15 is 0 Å². The maximum absolute atomic E-state index is 13.7. The van der Waals surface area contributed by atoms with Crippen LogP contribution < -0.4 is 9.62 Å². The molecule has 0 saturated heterocycles. The molecule has 11 heteroatoms. The van der Waals surface area contributed by atoms with E-state index in [0.717, 1.165) is 27.8 Å². The van der Waals surface area contributed by atoms with Gasteiger partial charge >= 0.3 is 0 Å². The van der Waals surface area contributed by atoms with Gasteiger partial charge in [0.2, 0.25) is 21.8 Å². The third-order valence-corrected chi connectivity index (χ3v) is 6.73. The summed E-state index contributed by atoms with van der Waals surface area (Å²) in [6, 6.07) is 10.3. The molecule has 196 valence electrons. The summed E-state index contributed by atoms with van der Waals surface area (Å²) >= 11 is 0. The molecular weight excluding hydrogens is 484 g/mol. The summed E-state index contributed by atoms with van der Waals surface area (Å²) in [6.07, 6.45) is 1.25. The molecule has 0 saturated carbocycles. The predicted octanol–water partition coefficient (Wildman–Crippen LogP) is 3.31. The number of benzene rings is 2. The van der Waals surface area contributed by atoms with E-state index < -0.39 is 33.4 Å². The van der Waals surface area contributed by atoms with Crippen LogP contribution in [0.4, 0.5) is 11.4 Å². The first-order valence-corrected chi connectivity index (χ1v) is 13.5. The first-order valence-electron chi connectivity index (χ1n) is 11.6. The minimum atomic E-state index is -4.00. The standard InChI is InChI=1S/C25H34N4O6S/c1-7-22(25(31)26-17(2)3)27(15-20-10-8-9-18(4)13-20)24(30)16-28(36(6,34)35)23-14-21(29(32)33)12-11-19(23)5/h8-14,17,22H,7,15-16H2,1-6H3,(H,26,31). The normalized spacial score (nSPS) is 12.2. The molecule has 10 nitrogen and oxygen atoms in total. The number of anilines is 1. The first kappa shape index (κ1) is 28.8. The topological polar surface area (TPSA) is 130 Å². The second kappa shape index (κ2) is 12.0. The Morgan fingerprint density at radius 1 is 1.11 bits per heavy atom. The van der Waals surface area contributed by atoms with E-state index in [1.165, 1.54) is 17.0 Å². The van der Waals surface area contributed by atoms with Crippen LogP contribution in [-0.4, -0.2) is 54.9 Å².